The molecule has 1 aromatic carbocycles. The largest absolute Gasteiger partial charge is 0.496 e. The summed E-state index contributed by atoms with van der Waals surface area (Å²) in [5.74, 6) is 0.212. The Morgan fingerprint density at radius 1 is 1.36 bits per heavy atom. The van der Waals surface area contributed by atoms with Crippen molar-refractivity contribution in [3.8, 4) is 17.0 Å². The number of benzene rings is 1. The number of aryl methyl sites for hydroxylation is 2. The van der Waals surface area contributed by atoms with Crippen LogP contribution in [0.5, 0.6) is 5.75 Å². The third kappa shape index (κ3) is 2.84. The lowest BCUT2D eigenvalue weighted by molar-refractivity contribution is 0.0689. The van der Waals surface area contributed by atoms with Crippen LogP contribution in [0.3, 0.4) is 0 Å². The highest BCUT2D eigenvalue weighted by Gasteiger charge is 2.18. The third-order valence-corrected chi connectivity index (χ3v) is 3.80. The standard InChI is InChI=1S/C17H22N2O3/c1-6-11-7-12(8-13(10(2)3)16(11)22-5)15-9-14(17(20)21)18-19(15)4/h7-10H,6H2,1-5H3,(H,20,21). The Labute approximate surface area is 130 Å². The van der Waals surface area contributed by atoms with Crippen LogP contribution in [-0.4, -0.2) is 28.0 Å². The Kier molecular flexibility index (Phi) is 4.54. The average molecular weight is 302 g/mol. The monoisotopic (exact) mass is 302 g/mol. The van der Waals surface area contributed by atoms with Gasteiger partial charge in [-0.25, -0.2) is 4.79 Å². The molecule has 2 rings (SSSR count). The SMILES string of the molecule is CCc1cc(-c2cc(C(=O)O)nn2C)cc(C(C)C)c1OC. The van der Waals surface area contributed by atoms with Crippen molar-refractivity contribution in [1.82, 2.24) is 9.78 Å². The molecular weight excluding hydrogens is 280 g/mol. The van der Waals surface area contributed by atoms with Crippen LogP contribution in [0.15, 0.2) is 18.2 Å². The predicted octanol–water partition coefficient (Wildman–Crippen LogP) is 3.48. The van der Waals surface area contributed by atoms with E-state index >= 15 is 0 Å². The molecule has 1 aromatic heterocycles. The van der Waals surface area contributed by atoms with Gasteiger partial charge in [-0.3, -0.25) is 4.68 Å². The van der Waals surface area contributed by atoms with Crippen LogP contribution < -0.4 is 4.74 Å². The van der Waals surface area contributed by atoms with E-state index in [4.69, 9.17) is 9.84 Å². The van der Waals surface area contributed by atoms with E-state index in [1.165, 1.54) is 0 Å². The summed E-state index contributed by atoms with van der Waals surface area (Å²) in [6, 6.07) is 5.71. The van der Waals surface area contributed by atoms with E-state index in [1.807, 2.05) is 6.07 Å². The van der Waals surface area contributed by atoms with Crippen molar-refractivity contribution in [2.75, 3.05) is 7.11 Å². The van der Waals surface area contributed by atoms with Crippen LogP contribution in [0.25, 0.3) is 11.3 Å². The van der Waals surface area contributed by atoms with Crippen LogP contribution in [0.1, 0.15) is 48.3 Å². The molecule has 0 atom stereocenters. The van der Waals surface area contributed by atoms with Crippen LogP contribution in [0, 0.1) is 0 Å². The quantitative estimate of drug-likeness (QED) is 0.918. The maximum atomic E-state index is 11.1. The molecular formula is C17H22N2O3. The molecule has 1 N–H and O–H groups in total. The van der Waals surface area contributed by atoms with Gasteiger partial charge >= 0.3 is 5.97 Å². The van der Waals surface area contributed by atoms with Crippen LogP contribution in [-0.2, 0) is 13.5 Å². The minimum atomic E-state index is -1.02. The number of hydrogen-bond acceptors (Lipinski definition) is 3. The highest BCUT2D eigenvalue weighted by molar-refractivity contribution is 5.87. The second-order valence-electron chi connectivity index (χ2n) is 5.61. The molecule has 0 aliphatic carbocycles. The van der Waals surface area contributed by atoms with E-state index in [1.54, 1.807) is 24.9 Å². The molecule has 0 unspecified atom stereocenters. The van der Waals surface area contributed by atoms with Gasteiger partial charge in [-0.2, -0.15) is 5.10 Å². The molecule has 2 aromatic rings. The number of aromatic carboxylic acids is 1. The number of carbonyl (C=O) groups is 1. The maximum Gasteiger partial charge on any atom is 0.356 e. The molecule has 0 saturated heterocycles. The zero-order valence-corrected chi connectivity index (χ0v) is 13.7. The van der Waals surface area contributed by atoms with Crippen molar-refractivity contribution in [2.45, 2.75) is 33.1 Å². The fourth-order valence-electron chi connectivity index (χ4n) is 2.64. The van der Waals surface area contributed by atoms with Crippen LogP contribution >= 0.6 is 0 Å². The molecule has 0 saturated carbocycles. The highest BCUT2D eigenvalue weighted by atomic mass is 16.5. The molecule has 0 radical (unpaired) electrons. The first-order valence-electron chi connectivity index (χ1n) is 7.37. The van der Waals surface area contributed by atoms with E-state index < -0.39 is 5.97 Å². The number of hydrogen-bond donors (Lipinski definition) is 1. The van der Waals surface area contributed by atoms with Gasteiger partial charge in [-0.1, -0.05) is 20.8 Å². The van der Waals surface area contributed by atoms with Crippen molar-refractivity contribution in [3.63, 3.8) is 0 Å². The van der Waals surface area contributed by atoms with E-state index in [0.717, 1.165) is 34.6 Å². The number of aromatic nitrogens is 2. The summed E-state index contributed by atoms with van der Waals surface area (Å²) in [6.07, 6.45) is 0.848. The first-order chi connectivity index (χ1) is 10.4. The normalized spacial score (nSPS) is 11.0. The summed E-state index contributed by atoms with van der Waals surface area (Å²) in [5.41, 5.74) is 4.04. The van der Waals surface area contributed by atoms with Gasteiger partial charge in [-0.15, -0.1) is 0 Å². The van der Waals surface area contributed by atoms with Gasteiger partial charge in [0, 0.05) is 12.6 Å². The van der Waals surface area contributed by atoms with Crippen LogP contribution in [0.2, 0.25) is 0 Å². The molecule has 0 aliphatic heterocycles. The zero-order chi connectivity index (χ0) is 16.4. The van der Waals surface area contributed by atoms with Gasteiger partial charge in [0.15, 0.2) is 5.69 Å². The summed E-state index contributed by atoms with van der Waals surface area (Å²) in [6.45, 7) is 6.32. The number of ether oxygens (including phenoxy) is 1. The Hall–Kier alpha value is -2.30. The lowest BCUT2D eigenvalue weighted by atomic mass is 9.94. The maximum absolute atomic E-state index is 11.1. The smallest absolute Gasteiger partial charge is 0.356 e. The Morgan fingerprint density at radius 3 is 2.50 bits per heavy atom. The van der Waals surface area contributed by atoms with Gasteiger partial charge < -0.3 is 9.84 Å². The number of rotatable bonds is 5. The van der Waals surface area contributed by atoms with Gasteiger partial charge in [0.1, 0.15) is 5.75 Å². The van der Waals surface area contributed by atoms with Crippen LogP contribution in [0.4, 0.5) is 0 Å². The lowest BCUT2D eigenvalue weighted by Gasteiger charge is -2.17. The molecule has 0 fully saturated rings. The molecule has 0 bridgehead atoms. The van der Waals surface area contributed by atoms with E-state index in [0.29, 0.717) is 5.92 Å². The third-order valence-electron chi connectivity index (χ3n) is 3.80. The van der Waals surface area contributed by atoms with Gasteiger partial charge in [0.2, 0.25) is 0 Å². The molecule has 0 amide bonds. The van der Waals surface area contributed by atoms with Gasteiger partial charge in [0.05, 0.1) is 12.8 Å². The Morgan fingerprint density at radius 2 is 2.05 bits per heavy atom. The van der Waals surface area contributed by atoms with Crippen molar-refractivity contribution >= 4 is 5.97 Å². The second kappa shape index (κ2) is 6.22. The van der Waals surface area contributed by atoms with E-state index in [9.17, 15) is 4.79 Å². The summed E-state index contributed by atoms with van der Waals surface area (Å²) in [4.78, 5) is 11.1. The van der Waals surface area contributed by atoms with E-state index in [2.05, 4.69) is 31.9 Å². The molecule has 5 heteroatoms. The number of carboxylic acid groups (broad SMARTS) is 1. The molecule has 0 spiro atoms. The molecule has 5 nitrogen and oxygen atoms in total. The zero-order valence-electron chi connectivity index (χ0n) is 13.7. The minimum absolute atomic E-state index is 0.0532. The first-order valence-corrected chi connectivity index (χ1v) is 7.37. The molecule has 0 aliphatic rings. The summed E-state index contributed by atoms with van der Waals surface area (Å²) >= 11 is 0. The Balaban J connectivity index is 2.66. The molecule has 1 heterocycles. The van der Waals surface area contributed by atoms with Gasteiger partial charge in [-0.05, 0) is 41.7 Å². The number of nitrogens with zero attached hydrogens (tertiary/aromatic N) is 2. The predicted molar refractivity (Wildman–Crippen MR) is 85.6 cm³/mol. The summed E-state index contributed by atoms with van der Waals surface area (Å²) in [5, 5.41) is 13.1. The van der Waals surface area contributed by atoms with Crippen molar-refractivity contribution in [3.05, 3.63) is 35.0 Å². The Bertz CT molecular complexity index is 702. The lowest BCUT2D eigenvalue weighted by Crippen LogP contribution is -2.02. The topological polar surface area (TPSA) is 64.3 Å². The molecule has 118 valence electrons. The van der Waals surface area contributed by atoms with Crippen molar-refractivity contribution < 1.29 is 14.6 Å². The summed E-state index contributed by atoms with van der Waals surface area (Å²) in [7, 11) is 3.44. The fourth-order valence-corrected chi connectivity index (χ4v) is 2.64. The molecule has 22 heavy (non-hydrogen) atoms. The van der Waals surface area contributed by atoms with E-state index in [-0.39, 0.29) is 5.69 Å². The van der Waals surface area contributed by atoms with Crippen molar-refractivity contribution in [2.24, 2.45) is 7.05 Å². The minimum Gasteiger partial charge on any atom is -0.496 e. The number of methoxy groups -OCH3 is 1. The second-order valence-corrected chi connectivity index (χ2v) is 5.61. The van der Waals surface area contributed by atoms with Crippen molar-refractivity contribution in [1.29, 1.82) is 0 Å². The first kappa shape index (κ1) is 16.1. The number of carboxylic acids is 1. The average Bonchev–Trinajstić information content (AvgIpc) is 2.87. The van der Waals surface area contributed by atoms with Gasteiger partial charge in [0.25, 0.3) is 0 Å². The highest BCUT2D eigenvalue weighted by Crippen LogP contribution is 2.35. The summed E-state index contributed by atoms with van der Waals surface area (Å²) < 4.78 is 7.18. The fraction of sp³-hybridized carbons (Fsp3) is 0.412.